The molecule has 2 aromatic heterocycles. The molecule has 0 atom stereocenters. The summed E-state index contributed by atoms with van der Waals surface area (Å²) in [5, 5.41) is 13.2. The van der Waals surface area contributed by atoms with Crippen LogP contribution >= 0.6 is 0 Å². The van der Waals surface area contributed by atoms with Gasteiger partial charge >= 0.3 is 5.97 Å². The first-order chi connectivity index (χ1) is 16.6. The summed E-state index contributed by atoms with van der Waals surface area (Å²) in [7, 11) is 0. The molecule has 4 aromatic rings. The molecule has 0 bridgehead atoms. The maximum Gasteiger partial charge on any atom is 0.353 e. The number of furan rings is 1. The molecular weight excluding hydrogens is 436 g/mol. The zero-order valence-corrected chi connectivity index (χ0v) is 18.6. The lowest BCUT2D eigenvalue weighted by Gasteiger charge is -2.06. The van der Waals surface area contributed by atoms with Gasteiger partial charge in [0.15, 0.2) is 11.5 Å². The van der Waals surface area contributed by atoms with Gasteiger partial charge in [-0.3, -0.25) is 0 Å². The Hall–Kier alpha value is -4.33. The van der Waals surface area contributed by atoms with Crippen molar-refractivity contribution in [2.75, 3.05) is 0 Å². The van der Waals surface area contributed by atoms with E-state index in [4.69, 9.17) is 18.4 Å². The Bertz CT molecular complexity index is 1230. The minimum atomic E-state index is -1.09. The summed E-state index contributed by atoms with van der Waals surface area (Å²) in [6, 6.07) is 20.5. The van der Waals surface area contributed by atoms with Crippen LogP contribution in [0.4, 0.5) is 0 Å². The number of hydrogen-bond donors (Lipinski definition) is 1. The minimum Gasteiger partial charge on any atom is -0.487 e. The molecule has 0 aliphatic rings. The fourth-order valence-electron chi connectivity index (χ4n) is 3.18. The first-order valence-corrected chi connectivity index (χ1v) is 10.8. The number of oxime groups is 1. The molecule has 0 spiro atoms. The van der Waals surface area contributed by atoms with Crippen molar-refractivity contribution < 1.29 is 28.3 Å². The van der Waals surface area contributed by atoms with Crippen LogP contribution in [0.5, 0.6) is 5.75 Å². The second-order valence-electron chi connectivity index (χ2n) is 7.53. The maximum absolute atomic E-state index is 11.4. The number of aliphatic carboxylic acids is 1. The van der Waals surface area contributed by atoms with Crippen molar-refractivity contribution in [2.24, 2.45) is 5.16 Å². The lowest BCUT2D eigenvalue weighted by molar-refractivity contribution is -0.129. The maximum atomic E-state index is 11.4. The standard InChI is InChI=1S/C26H24N2O6/c1-18-23(27-25(34-18)24-8-5-15-31-24)17-32-21-12-9-20(10-13-21)16-33-28-22(26(29)30)14-11-19-6-3-2-4-7-19/h2-10,12-13,15H,11,14,16-17H2,1H3,(H,29,30). The highest BCUT2D eigenvalue weighted by molar-refractivity contribution is 6.35. The topological polar surface area (TPSA) is 107 Å². The summed E-state index contributed by atoms with van der Waals surface area (Å²) in [5.41, 5.74) is 2.55. The zero-order chi connectivity index (χ0) is 23.8. The minimum absolute atomic E-state index is 0.0132. The average Bonchev–Trinajstić information content (AvgIpc) is 3.51. The van der Waals surface area contributed by atoms with E-state index in [0.717, 1.165) is 11.1 Å². The summed E-state index contributed by atoms with van der Waals surface area (Å²) in [5.74, 6) is 1.21. The highest BCUT2D eigenvalue weighted by Crippen LogP contribution is 2.23. The van der Waals surface area contributed by atoms with E-state index in [0.29, 0.717) is 35.3 Å². The summed E-state index contributed by atoms with van der Waals surface area (Å²) in [6.07, 6.45) is 2.43. The number of ether oxygens (including phenoxy) is 1. The van der Waals surface area contributed by atoms with Crippen molar-refractivity contribution in [1.29, 1.82) is 0 Å². The van der Waals surface area contributed by atoms with Gasteiger partial charge in [0.05, 0.1) is 6.26 Å². The monoisotopic (exact) mass is 460 g/mol. The van der Waals surface area contributed by atoms with Gasteiger partial charge in [0.25, 0.3) is 5.89 Å². The Morgan fingerprint density at radius 2 is 1.79 bits per heavy atom. The molecule has 0 saturated heterocycles. The van der Waals surface area contributed by atoms with Crippen molar-refractivity contribution in [3.63, 3.8) is 0 Å². The molecular formula is C26H24N2O6. The molecule has 0 unspecified atom stereocenters. The molecule has 0 radical (unpaired) electrons. The normalized spacial score (nSPS) is 11.4. The molecule has 174 valence electrons. The van der Waals surface area contributed by atoms with Gasteiger partial charge in [0.2, 0.25) is 0 Å². The predicted octanol–water partition coefficient (Wildman–Crippen LogP) is 5.41. The van der Waals surface area contributed by atoms with E-state index < -0.39 is 5.97 Å². The molecule has 0 amide bonds. The molecule has 0 saturated carbocycles. The molecule has 4 rings (SSSR count). The highest BCUT2D eigenvalue weighted by Gasteiger charge is 2.14. The fraction of sp³-hybridized carbons (Fsp3) is 0.192. The third-order valence-electron chi connectivity index (χ3n) is 5.07. The Morgan fingerprint density at radius 3 is 2.50 bits per heavy atom. The second kappa shape index (κ2) is 11.0. The van der Waals surface area contributed by atoms with Crippen molar-refractivity contribution in [1.82, 2.24) is 4.98 Å². The second-order valence-corrected chi connectivity index (χ2v) is 7.53. The number of carboxylic acid groups (broad SMARTS) is 1. The SMILES string of the molecule is Cc1oc(-c2ccco2)nc1COc1ccc(CON=C(CCc2ccccc2)C(=O)O)cc1. The number of nitrogens with zero attached hydrogens (tertiary/aromatic N) is 2. The number of aromatic nitrogens is 1. The highest BCUT2D eigenvalue weighted by atomic mass is 16.6. The van der Waals surface area contributed by atoms with E-state index in [2.05, 4.69) is 10.1 Å². The van der Waals surface area contributed by atoms with Gasteiger partial charge < -0.3 is 23.5 Å². The van der Waals surface area contributed by atoms with E-state index >= 15 is 0 Å². The van der Waals surface area contributed by atoms with Crippen LogP contribution in [0.3, 0.4) is 0 Å². The van der Waals surface area contributed by atoms with Gasteiger partial charge in [0.1, 0.15) is 30.4 Å². The predicted molar refractivity (Wildman–Crippen MR) is 124 cm³/mol. The molecule has 0 aliphatic carbocycles. The van der Waals surface area contributed by atoms with Gasteiger partial charge in [-0.15, -0.1) is 0 Å². The molecule has 0 fully saturated rings. The van der Waals surface area contributed by atoms with E-state index in [9.17, 15) is 9.90 Å². The van der Waals surface area contributed by atoms with Gasteiger partial charge in [-0.25, -0.2) is 9.78 Å². The van der Waals surface area contributed by atoms with E-state index in [1.807, 2.05) is 49.4 Å². The first kappa shape index (κ1) is 22.8. The van der Waals surface area contributed by atoms with Gasteiger partial charge in [-0.05, 0) is 48.7 Å². The van der Waals surface area contributed by atoms with Crippen molar-refractivity contribution in [3.8, 4) is 17.4 Å². The first-order valence-electron chi connectivity index (χ1n) is 10.8. The molecule has 8 nitrogen and oxygen atoms in total. The smallest absolute Gasteiger partial charge is 0.353 e. The van der Waals surface area contributed by atoms with E-state index in [1.54, 1.807) is 30.5 Å². The molecule has 8 heteroatoms. The number of aryl methyl sites for hydroxylation is 2. The van der Waals surface area contributed by atoms with Crippen LogP contribution in [0.2, 0.25) is 0 Å². The summed E-state index contributed by atoms with van der Waals surface area (Å²) in [6.45, 7) is 2.22. The van der Waals surface area contributed by atoms with Crippen LogP contribution < -0.4 is 4.74 Å². The van der Waals surface area contributed by atoms with Crippen molar-refractivity contribution in [3.05, 3.63) is 95.6 Å². The van der Waals surface area contributed by atoms with Crippen molar-refractivity contribution >= 4 is 11.7 Å². The number of oxazole rings is 1. The fourth-order valence-corrected chi connectivity index (χ4v) is 3.18. The zero-order valence-electron chi connectivity index (χ0n) is 18.6. The van der Waals surface area contributed by atoms with E-state index in [-0.39, 0.29) is 25.3 Å². The van der Waals surface area contributed by atoms with Gasteiger partial charge in [0, 0.05) is 6.42 Å². The number of carbonyl (C=O) groups is 1. The Balaban J connectivity index is 1.27. The summed E-state index contributed by atoms with van der Waals surface area (Å²) in [4.78, 5) is 21.2. The van der Waals surface area contributed by atoms with Crippen LogP contribution in [0.1, 0.15) is 29.0 Å². The number of carboxylic acids is 1. The van der Waals surface area contributed by atoms with Crippen LogP contribution in [0, 0.1) is 6.92 Å². The molecule has 2 aromatic carbocycles. The van der Waals surface area contributed by atoms with Gasteiger partial charge in [-0.1, -0.05) is 47.6 Å². The average molecular weight is 460 g/mol. The van der Waals surface area contributed by atoms with Crippen LogP contribution in [-0.4, -0.2) is 21.8 Å². The summed E-state index contributed by atoms with van der Waals surface area (Å²) >= 11 is 0. The van der Waals surface area contributed by atoms with Crippen LogP contribution in [-0.2, 0) is 29.3 Å². The molecule has 2 heterocycles. The Kier molecular flexibility index (Phi) is 7.39. The summed E-state index contributed by atoms with van der Waals surface area (Å²) < 4.78 is 16.7. The third kappa shape index (κ3) is 6.13. The Labute approximate surface area is 196 Å². The van der Waals surface area contributed by atoms with E-state index in [1.165, 1.54) is 0 Å². The van der Waals surface area contributed by atoms with Crippen molar-refractivity contribution in [2.45, 2.75) is 33.0 Å². The lowest BCUT2D eigenvalue weighted by Crippen LogP contribution is -2.14. The van der Waals surface area contributed by atoms with Crippen LogP contribution in [0.15, 0.2) is 87.0 Å². The largest absolute Gasteiger partial charge is 0.487 e. The lowest BCUT2D eigenvalue weighted by atomic mass is 10.1. The van der Waals surface area contributed by atoms with Gasteiger partial charge in [-0.2, -0.15) is 0 Å². The number of hydrogen-bond acceptors (Lipinski definition) is 7. The quantitative estimate of drug-likeness (QED) is 0.235. The van der Waals surface area contributed by atoms with Crippen LogP contribution in [0.25, 0.3) is 11.7 Å². The molecule has 1 N–H and O–H groups in total. The molecule has 0 aliphatic heterocycles. The molecule has 34 heavy (non-hydrogen) atoms. The Morgan fingerprint density at radius 1 is 1.00 bits per heavy atom. The third-order valence-corrected chi connectivity index (χ3v) is 5.07. The number of benzene rings is 2. The number of rotatable bonds is 11.